The number of nitrogens with zero attached hydrogens (tertiary/aromatic N) is 1. The molecule has 0 fully saturated rings. The Morgan fingerprint density at radius 2 is 1.07 bits per heavy atom. The molecular formula is C13H31NSi. The molecule has 1 nitrogen and oxygen atoms in total. The predicted molar refractivity (Wildman–Crippen MR) is 73.9 cm³/mol. The van der Waals surface area contributed by atoms with Gasteiger partial charge >= 0.3 is 0 Å². The van der Waals surface area contributed by atoms with Crippen LogP contribution in [0.3, 0.4) is 0 Å². The Morgan fingerprint density at radius 3 is 1.20 bits per heavy atom. The molecule has 0 saturated heterocycles. The third-order valence-electron chi connectivity index (χ3n) is 3.61. The highest BCUT2D eigenvalue weighted by Crippen LogP contribution is 2.35. The van der Waals surface area contributed by atoms with Crippen molar-refractivity contribution in [2.45, 2.75) is 85.1 Å². The van der Waals surface area contributed by atoms with E-state index in [4.69, 9.17) is 0 Å². The second-order valence-corrected chi connectivity index (χ2v) is 11.6. The number of hydrogen-bond donors (Lipinski definition) is 0. The van der Waals surface area contributed by atoms with Gasteiger partial charge in [-0.1, -0.05) is 33.5 Å². The van der Waals surface area contributed by atoms with Crippen molar-refractivity contribution in [1.29, 1.82) is 0 Å². The van der Waals surface area contributed by atoms with E-state index in [-0.39, 0.29) is 0 Å². The summed E-state index contributed by atoms with van der Waals surface area (Å²) in [5.74, 6) is 0. The van der Waals surface area contributed by atoms with Crippen molar-refractivity contribution in [3.8, 4) is 0 Å². The molecule has 0 aliphatic heterocycles. The van der Waals surface area contributed by atoms with Crippen molar-refractivity contribution in [2.24, 2.45) is 0 Å². The fourth-order valence-corrected chi connectivity index (χ4v) is 6.90. The van der Waals surface area contributed by atoms with E-state index in [1.165, 1.54) is 12.8 Å². The molecule has 0 aliphatic carbocycles. The average molecular weight is 229 g/mol. The molecule has 15 heavy (non-hydrogen) atoms. The molecule has 0 saturated carbocycles. The van der Waals surface area contributed by atoms with Gasteiger partial charge in [-0.25, -0.2) is 0 Å². The maximum absolute atomic E-state index is 2.81. The van der Waals surface area contributed by atoms with Gasteiger partial charge in [0.1, 0.15) is 8.24 Å². The van der Waals surface area contributed by atoms with Crippen LogP contribution in [-0.2, 0) is 0 Å². The van der Waals surface area contributed by atoms with Gasteiger partial charge in [0, 0.05) is 11.1 Å². The van der Waals surface area contributed by atoms with E-state index >= 15 is 0 Å². The topological polar surface area (TPSA) is 3.24 Å². The highest BCUT2D eigenvalue weighted by Gasteiger charge is 2.42. The first kappa shape index (κ1) is 15.2. The van der Waals surface area contributed by atoms with Crippen molar-refractivity contribution >= 4 is 8.24 Å². The summed E-state index contributed by atoms with van der Waals surface area (Å²) in [7, 11) is -1.27. The zero-order chi connectivity index (χ0) is 12.5. The first-order chi connectivity index (χ1) is 6.49. The second kappa shape index (κ2) is 4.58. The summed E-state index contributed by atoms with van der Waals surface area (Å²) in [5.41, 5.74) is 0.647. The Morgan fingerprint density at radius 1 is 0.800 bits per heavy atom. The molecule has 0 radical (unpaired) electrons. The van der Waals surface area contributed by atoms with Gasteiger partial charge in [0.15, 0.2) is 0 Å². The van der Waals surface area contributed by atoms with Crippen molar-refractivity contribution in [3.63, 3.8) is 0 Å². The Bertz CT molecular complexity index is 185. The van der Waals surface area contributed by atoms with Crippen molar-refractivity contribution in [3.05, 3.63) is 0 Å². The summed E-state index contributed by atoms with van der Waals surface area (Å²) in [6.45, 7) is 21.6. The van der Waals surface area contributed by atoms with Gasteiger partial charge in [-0.05, 0) is 40.5 Å². The van der Waals surface area contributed by atoms with Gasteiger partial charge in [0.2, 0.25) is 0 Å². The van der Waals surface area contributed by atoms with E-state index < -0.39 is 8.24 Å². The molecule has 0 aliphatic rings. The van der Waals surface area contributed by atoms with Crippen LogP contribution in [0.1, 0.15) is 54.4 Å². The highest BCUT2D eigenvalue weighted by molar-refractivity contribution is 6.73. The lowest BCUT2D eigenvalue weighted by Crippen LogP contribution is -2.65. The minimum absolute atomic E-state index is 0.323. The predicted octanol–water partition coefficient (Wildman–Crippen LogP) is 4.50. The lowest BCUT2D eigenvalue weighted by molar-refractivity contribution is 0.0927. The summed E-state index contributed by atoms with van der Waals surface area (Å²) < 4.78 is 2.81. The monoisotopic (exact) mass is 229 g/mol. The first-order valence-electron chi connectivity index (χ1n) is 6.29. The van der Waals surface area contributed by atoms with Crippen LogP contribution < -0.4 is 0 Å². The van der Waals surface area contributed by atoms with Crippen LogP contribution in [0.25, 0.3) is 0 Å². The molecule has 0 spiro atoms. The van der Waals surface area contributed by atoms with Crippen molar-refractivity contribution < 1.29 is 0 Å². The number of rotatable bonds is 5. The lowest BCUT2D eigenvalue weighted by atomic mass is 9.93. The summed E-state index contributed by atoms with van der Waals surface area (Å²) in [5, 5.41) is 0. The van der Waals surface area contributed by atoms with Crippen LogP contribution in [0.4, 0.5) is 0 Å². The van der Waals surface area contributed by atoms with Crippen molar-refractivity contribution in [1.82, 2.24) is 4.57 Å². The molecule has 0 amide bonds. The third kappa shape index (κ3) is 3.60. The summed E-state index contributed by atoms with van der Waals surface area (Å²) in [4.78, 5) is 0. The van der Waals surface area contributed by atoms with Gasteiger partial charge in [0.05, 0.1) is 0 Å². The normalized spacial score (nSPS) is 14.8. The fraction of sp³-hybridized carbons (Fsp3) is 1.00. The van der Waals surface area contributed by atoms with Gasteiger partial charge in [-0.3, -0.25) is 0 Å². The minimum Gasteiger partial charge on any atom is -0.314 e. The molecule has 0 rings (SSSR count). The van der Waals surface area contributed by atoms with E-state index in [1.54, 1.807) is 0 Å². The van der Waals surface area contributed by atoms with Gasteiger partial charge in [-0.15, -0.1) is 0 Å². The molecule has 0 unspecified atom stereocenters. The Balaban J connectivity index is 5.27. The molecule has 0 aromatic carbocycles. The van der Waals surface area contributed by atoms with Crippen LogP contribution in [0.2, 0.25) is 19.6 Å². The Kier molecular flexibility index (Phi) is 4.64. The lowest BCUT2D eigenvalue weighted by Gasteiger charge is -2.55. The molecule has 0 bridgehead atoms. The largest absolute Gasteiger partial charge is 0.314 e. The molecule has 0 aromatic heterocycles. The molecule has 2 heteroatoms. The maximum atomic E-state index is 2.81. The molecule has 0 aromatic rings. The van der Waals surface area contributed by atoms with Crippen LogP contribution in [-0.4, -0.2) is 23.9 Å². The van der Waals surface area contributed by atoms with Crippen LogP contribution in [0.15, 0.2) is 0 Å². The third-order valence-corrected chi connectivity index (χ3v) is 6.16. The summed E-state index contributed by atoms with van der Waals surface area (Å²) >= 11 is 0. The summed E-state index contributed by atoms with van der Waals surface area (Å²) in [6.07, 6.45) is 2.45. The zero-order valence-electron chi connectivity index (χ0n) is 12.4. The minimum atomic E-state index is -1.27. The van der Waals surface area contributed by atoms with E-state index in [1.807, 2.05) is 0 Å². The van der Waals surface area contributed by atoms with Gasteiger partial charge < -0.3 is 4.57 Å². The Hall–Kier alpha value is 0.177. The van der Waals surface area contributed by atoms with E-state index in [0.29, 0.717) is 11.1 Å². The zero-order valence-corrected chi connectivity index (χ0v) is 13.4. The van der Waals surface area contributed by atoms with Crippen LogP contribution >= 0.6 is 0 Å². The van der Waals surface area contributed by atoms with Gasteiger partial charge in [-0.2, -0.15) is 0 Å². The van der Waals surface area contributed by atoms with Crippen molar-refractivity contribution in [2.75, 3.05) is 0 Å². The quantitative estimate of drug-likeness (QED) is 0.627. The first-order valence-corrected chi connectivity index (χ1v) is 9.74. The molecule has 0 heterocycles. The molecule has 0 N–H and O–H groups in total. The molecule has 92 valence electrons. The molecule has 0 atom stereocenters. The standard InChI is InChI=1S/C13H31NSi/c1-10-12(3,4)14(15(7,8)9)13(5,6)11-2/h10-11H2,1-9H3. The highest BCUT2D eigenvalue weighted by atomic mass is 28.3. The van der Waals surface area contributed by atoms with E-state index in [2.05, 4.69) is 65.7 Å². The fourth-order valence-electron chi connectivity index (χ4n) is 2.95. The van der Waals surface area contributed by atoms with E-state index in [0.717, 1.165) is 0 Å². The average Bonchev–Trinajstić information content (AvgIpc) is 2.00. The maximum Gasteiger partial charge on any atom is 0.120 e. The SMILES string of the molecule is CCC(C)(C)N(C(C)(C)CC)[Si](C)(C)C. The van der Waals surface area contributed by atoms with E-state index in [9.17, 15) is 0 Å². The smallest absolute Gasteiger partial charge is 0.120 e. The Labute approximate surface area is 98.3 Å². The summed E-state index contributed by atoms with van der Waals surface area (Å²) in [6, 6.07) is 0. The number of hydrogen-bond acceptors (Lipinski definition) is 1. The second-order valence-electron chi connectivity index (χ2n) is 6.84. The van der Waals surface area contributed by atoms with Gasteiger partial charge in [0.25, 0.3) is 0 Å². The molecular weight excluding hydrogens is 198 g/mol. The van der Waals surface area contributed by atoms with Crippen LogP contribution in [0, 0.1) is 0 Å². The van der Waals surface area contributed by atoms with Crippen LogP contribution in [0.5, 0.6) is 0 Å².